The van der Waals surface area contributed by atoms with E-state index in [4.69, 9.17) is 18.5 Å². The molecule has 0 amide bonds. The summed E-state index contributed by atoms with van der Waals surface area (Å²) in [5, 5.41) is 0. The zero-order valence-electron chi connectivity index (χ0n) is 22.2. The van der Waals surface area contributed by atoms with Crippen LogP contribution in [0.25, 0.3) is 0 Å². The molecule has 202 valence electrons. The number of rotatable bonds is 21. The van der Waals surface area contributed by atoms with Gasteiger partial charge < -0.3 is 27.9 Å². The standard InChI is InChI=1S/C26H46NO7P/c1-6-7-8-9-10-11-12-13-14-15-16-17-18-19-21-31-23-26(34-25(2)28)24-33-35(29,30)32-22-20-27(3,4)5/h7-8,10-11,13-14,16-17,26H,6,9,12,15,18-24H2,1-5H3/b8-7-,11-10-,14-13-,17-16-. The highest BCUT2D eigenvalue weighted by Gasteiger charge is 2.19. The Bertz CT molecular complexity index is 711. The molecule has 35 heavy (non-hydrogen) atoms. The van der Waals surface area contributed by atoms with E-state index >= 15 is 0 Å². The lowest BCUT2D eigenvalue weighted by molar-refractivity contribution is -0.870. The van der Waals surface area contributed by atoms with Crippen LogP contribution in [0.5, 0.6) is 0 Å². The first kappa shape index (κ1) is 33.5. The second kappa shape index (κ2) is 20.6. The molecule has 2 unspecified atom stereocenters. The number of hydrogen-bond acceptors (Lipinski definition) is 7. The van der Waals surface area contributed by atoms with Gasteiger partial charge in [-0.1, -0.05) is 55.5 Å². The Hall–Kier alpha value is -1.54. The van der Waals surface area contributed by atoms with Gasteiger partial charge in [-0.15, -0.1) is 0 Å². The number of allylic oxidation sites excluding steroid dienone is 8. The molecule has 0 aliphatic heterocycles. The van der Waals surface area contributed by atoms with Crippen LogP contribution in [0.4, 0.5) is 0 Å². The second-order valence-electron chi connectivity index (χ2n) is 9.04. The van der Waals surface area contributed by atoms with Gasteiger partial charge in [0.15, 0.2) is 0 Å². The lowest BCUT2D eigenvalue weighted by Gasteiger charge is -2.28. The third-order valence-corrected chi connectivity index (χ3v) is 5.41. The van der Waals surface area contributed by atoms with Gasteiger partial charge in [-0.2, -0.15) is 0 Å². The number of nitrogens with zero attached hydrogens (tertiary/aromatic N) is 1. The van der Waals surface area contributed by atoms with Crippen molar-refractivity contribution in [2.45, 2.75) is 58.5 Å². The molecular weight excluding hydrogens is 469 g/mol. The number of esters is 1. The average molecular weight is 516 g/mol. The van der Waals surface area contributed by atoms with Crippen molar-refractivity contribution in [1.82, 2.24) is 0 Å². The van der Waals surface area contributed by atoms with Gasteiger partial charge in [0.2, 0.25) is 0 Å². The molecule has 0 fully saturated rings. The largest absolute Gasteiger partial charge is 0.756 e. The topological polar surface area (TPSA) is 94.1 Å². The summed E-state index contributed by atoms with van der Waals surface area (Å²) in [6.07, 6.45) is 21.9. The summed E-state index contributed by atoms with van der Waals surface area (Å²) >= 11 is 0. The Balaban J connectivity index is 4.03. The Morgan fingerprint density at radius 3 is 2.00 bits per heavy atom. The first-order valence-corrected chi connectivity index (χ1v) is 13.8. The third kappa shape index (κ3) is 25.4. The minimum Gasteiger partial charge on any atom is -0.756 e. The quantitative estimate of drug-likeness (QED) is 0.0717. The van der Waals surface area contributed by atoms with Crippen LogP contribution >= 0.6 is 7.82 Å². The first-order chi connectivity index (χ1) is 16.6. The molecule has 0 N–H and O–H groups in total. The average Bonchev–Trinajstić information content (AvgIpc) is 2.75. The van der Waals surface area contributed by atoms with Crippen LogP contribution in [0.2, 0.25) is 0 Å². The van der Waals surface area contributed by atoms with Crippen LogP contribution in [-0.4, -0.2) is 70.7 Å². The molecule has 0 aliphatic carbocycles. The van der Waals surface area contributed by atoms with E-state index in [2.05, 4.69) is 55.5 Å². The highest BCUT2D eigenvalue weighted by Crippen LogP contribution is 2.38. The van der Waals surface area contributed by atoms with E-state index in [1.165, 1.54) is 6.92 Å². The monoisotopic (exact) mass is 515 g/mol. The molecule has 9 heteroatoms. The maximum absolute atomic E-state index is 11.9. The molecule has 0 aromatic heterocycles. The normalized spacial score (nSPS) is 15.5. The summed E-state index contributed by atoms with van der Waals surface area (Å²) < 4.78 is 32.8. The molecule has 2 atom stereocenters. The summed E-state index contributed by atoms with van der Waals surface area (Å²) in [5.74, 6) is -0.534. The van der Waals surface area contributed by atoms with E-state index < -0.39 is 19.9 Å². The maximum atomic E-state index is 11.9. The van der Waals surface area contributed by atoms with Crippen molar-refractivity contribution in [2.75, 3.05) is 54.1 Å². The molecule has 0 saturated carbocycles. The van der Waals surface area contributed by atoms with Crippen molar-refractivity contribution < 1.29 is 37.3 Å². The van der Waals surface area contributed by atoms with Gasteiger partial charge in [-0.3, -0.25) is 9.36 Å². The van der Waals surface area contributed by atoms with E-state index in [0.29, 0.717) is 17.6 Å². The smallest absolute Gasteiger partial charge is 0.303 e. The molecule has 0 aromatic rings. The Labute approximate surface area is 212 Å². The molecule has 0 aromatic carbocycles. The maximum Gasteiger partial charge on any atom is 0.303 e. The Morgan fingerprint density at radius 2 is 1.46 bits per heavy atom. The number of quaternary nitrogens is 1. The fourth-order valence-electron chi connectivity index (χ4n) is 2.60. The highest BCUT2D eigenvalue weighted by atomic mass is 31.2. The molecule has 0 spiro atoms. The molecule has 0 heterocycles. The Morgan fingerprint density at radius 1 is 0.886 bits per heavy atom. The van der Waals surface area contributed by atoms with Crippen LogP contribution < -0.4 is 4.89 Å². The molecule has 0 bridgehead atoms. The summed E-state index contributed by atoms with van der Waals surface area (Å²) in [4.78, 5) is 23.2. The van der Waals surface area contributed by atoms with E-state index in [1.54, 1.807) is 0 Å². The van der Waals surface area contributed by atoms with Crippen molar-refractivity contribution >= 4 is 13.8 Å². The van der Waals surface area contributed by atoms with E-state index in [-0.39, 0.29) is 19.8 Å². The van der Waals surface area contributed by atoms with Gasteiger partial charge in [0.05, 0.1) is 34.4 Å². The van der Waals surface area contributed by atoms with Gasteiger partial charge in [-0.05, 0) is 38.5 Å². The van der Waals surface area contributed by atoms with Crippen molar-refractivity contribution in [3.63, 3.8) is 0 Å². The van der Waals surface area contributed by atoms with Crippen LogP contribution in [0.1, 0.15) is 52.4 Å². The van der Waals surface area contributed by atoms with Gasteiger partial charge in [0.25, 0.3) is 7.82 Å². The van der Waals surface area contributed by atoms with Crippen LogP contribution in [-0.2, 0) is 27.9 Å². The molecule has 0 radical (unpaired) electrons. The van der Waals surface area contributed by atoms with Crippen molar-refractivity contribution in [3.05, 3.63) is 48.6 Å². The SMILES string of the molecule is CC/C=C\C/C=C\C/C=C\C/C=C\CCCOCC(COP(=O)([O-])OCC[N+](C)(C)C)OC(C)=O. The van der Waals surface area contributed by atoms with Crippen molar-refractivity contribution in [1.29, 1.82) is 0 Å². The summed E-state index contributed by atoms with van der Waals surface area (Å²) in [6, 6.07) is 0. The second-order valence-corrected chi connectivity index (χ2v) is 10.5. The van der Waals surface area contributed by atoms with Gasteiger partial charge in [0, 0.05) is 13.5 Å². The van der Waals surface area contributed by atoms with Crippen LogP contribution in [0.3, 0.4) is 0 Å². The van der Waals surface area contributed by atoms with E-state index in [9.17, 15) is 14.3 Å². The number of unbranched alkanes of at least 4 members (excludes halogenated alkanes) is 1. The number of likely N-dealkylation sites (N-methyl/N-ethyl adjacent to an activating group) is 1. The number of ether oxygens (including phenoxy) is 2. The summed E-state index contributed by atoms with van der Waals surface area (Å²) in [6.45, 7) is 4.06. The minimum atomic E-state index is -4.48. The fraction of sp³-hybridized carbons (Fsp3) is 0.654. The van der Waals surface area contributed by atoms with Gasteiger partial charge in [0.1, 0.15) is 19.3 Å². The zero-order chi connectivity index (χ0) is 26.4. The number of phosphoric ester groups is 1. The molecular formula is C26H46NO7P. The van der Waals surface area contributed by atoms with Crippen LogP contribution in [0.15, 0.2) is 48.6 Å². The van der Waals surface area contributed by atoms with Crippen LogP contribution in [0, 0.1) is 0 Å². The first-order valence-electron chi connectivity index (χ1n) is 12.3. The Kier molecular flexibility index (Phi) is 19.7. The lowest BCUT2D eigenvalue weighted by atomic mass is 10.2. The predicted octanol–water partition coefficient (Wildman–Crippen LogP) is 4.73. The number of carbonyl (C=O) groups excluding carboxylic acids is 1. The highest BCUT2D eigenvalue weighted by molar-refractivity contribution is 7.45. The number of carbonyl (C=O) groups is 1. The molecule has 8 nitrogen and oxygen atoms in total. The van der Waals surface area contributed by atoms with Gasteiger partial charge in [-0.25, -0.2) is 0 Å². The van der Waals surface area contributed by atoms with Crippen molar-refractivity contribution in [3.8, 4) is 0 Å². The van der Waals surface area contributed by atoms with E-state index in [1.807, 2.05) is 21.1 Å². The molecule has 0 aliphatic rings. The predicted molar refractivity (Wildman–Crippen MR) is 139 cm³/mol. The lowest BCUT2D eigenvalue weighted by Crippen LogP contribution is -2.37. The van der Waals surface area contributed by atoms with E-state index in [0.717, 1.165) is 38.5 Å². The zero-order valence-corrected chi connectivity index (χ0v) is 23.1. The number of phosphoric acid groups is 1. The molecule has 0 saturated heterocycles. The summed E-state index contributed by atoms with van der Waals surface area (Å²) in [5.41, 5.74) is 0. The third-order valence-electron chi connectivity index (χ3n) is 4.44. The summed E-state index contributed by atoms with van der Waals surface area (Å²) in [7, 11) is 1.30. The minimum absolute atomic E-state index is 0.0102. The number of hydrogen-bond donors (Lipinski definition) is 0. The van der Waals surface area contributed by atoms with Crippen molar-refractivity contribution in [2.24, 2.45) is 0 Å². The van der Waals surface area contributed by atoms with Gasteiger partial charge >= 0.3 is 5.97 Å². The molecule has 0 rings (SSSR count). The fourth-order valence-corrected chi connectivity index (χ4v) is 3.33.